The molecule has 0 aliphatic heterocycles. The van der Waals surface area contributed by atoms with Gasteiger partial charge in [-0.25, -0.2) is 0 Å². The lowest BCUT2D eigenvalue weighted by Crippen LogP contribution is -2.30. The number of ketones is 1. The number of carbonyl (C=O) groups is 1. The highest BCUT2D eigenvalue weighted by molar-refractivity contribution is 5.87. The Bertz CT molecular complexity index is 2300. The first-order chi connectivity index (χ1) is 28.5. The summed E-state index contributed by atoms with van der Waals surface area (Å²) in [5.41, 5.74) is 5.84. The first-order valence-electron chi connectivity index (χ1n) is 20.0. The lowest BCUT2D eigenvalue weighted by Gasteiger charge is -2.26. The highest BCUT2D eigenvalue weighted by atomic mass is 16.5. The van der Waals surface area contributed by atoms with E-state index in [1.54, 1.807) is 44.3 Å². The number of methoxy groups -OCH3 is 1. The zero-order chi connectivity index (χ0) is 41.9. The van der Waals surface area contributed by atoms with Crippen LogP contribution in [0.5, 0.6) is 28.7 Å². The summed E-state index contributed by atoms with van der Waals surface area (Å²) in [6.07, 6.45) is 3.45. The molecule has 0 fully saturated rings. The quantitative estimate of drug-likeness (QED) is 0.0290. The van der Waals surface area contributed by atoms with Gasteiger partial charge in [-0.3, -0.25) is 10.1 Å². The number of aromatic amines is 1. The van der Waals surface area contributed by atoms with Crippen LogP contribution in [0.25, 0.3) is 10.8 Å². The van der Waals surface area contributed by atoms with Gasteiger partial charge in [0.2, 0.25) is 0 Å². The lowest BCUT2D eigenvalue weighted by atomic mass is 9.80. The van der Waals surface area contributed by atoms with Gasteiger partial charge < -0.3 is 45.3 Å². The van der Waals surface area contributed by atoms with Crippen LogP contribution >= 0.6 is 0 Å². The number of ether oxygens (including phenoxy) is 2. The standard InChI is InChI=1S/C48H55N3O8/c1-30(52)26-51-29-59-47-21-31(11-13-43(47)54)20-41(37-18-33(27-49-2)19-39(53)23-37)46(57)25-45(56)38(17-32-15-16-50-28-32)22-36-12-14-44(55)48(58-3)42(36)24-35-9-6-8-34-7-4-5-10-40(34)35/h4-16,18-19,21,23,28,30,38,41,45,49-56H,17,20,22,24-27,29H2,1-3H3. The summed E-state index contributed by atoms with van der Waals surface area (Å²) in [7, 11) is 3.34. The Kier molecular flexibility index (Phi) is 14.6. The summed E-state index contributed by atoms with van der Waals surface area (Å²) in [6.45, 7) is 2.48. The molecule has 0 amide bonds. The van der Waals surface area contributed by atoms with Crippen molar-refractivity contribution >= 4 is 16.6 Å². The number of Topliss-reactive ketones (excluding diaryl/α,β-unsaturated/α-hetero) is 1. The minimum Gasteiger partial charge on any atom is -0.508 e. The van der Waals surface area contributed by atoms with E-state index in [1.165, 1.54) is 13.2 Å². The van der Waals surface area contributed by atoms with Crippen LogP contribution in [0, 0.1) is 5.92 Å². The van der Waals surface area contributed by atoms with Gasteiger partial charge in [-0.2, -0.15) is 0 Å². The molecule has 5 aromatic carbocycles. The lowest BCUT2D eigenvalue weighted by molar-refractivity contribution is -0.123. The van der Waals surface area contributed by atoms with E-state index in [-0.39, 0.29) is 48.4 Å². The van der Waals surface area contributed by atoms with Gasteiger partial charge in [-0.15, -0.1) is 0 Å². The SMILES string of the molecule is CNCc1cc(O)cc(C(Cc2ccc(O)c(OCNCC(C)O)c2)C(=O)CC(O)C(Cc2cc[nH]c2)Cc2ccc(O)c(OC)c2Cc2cccc3ccccc23)c1. The monoisotopic (exact) mass is 801 g/mol. The number of H-pyrrole nitrogens is 1. The second-order valence-corrected chi connectivity index (χ2v) is 15.3. The van der Waals surface area contributed by atoms with Gasteiger partial charge >= 0.3 is 0 Å². The maximum absolute atomic E-state index is 14.7. The second kappa shape index (κ2) is 20.2. The minimum absolute atomic E-state index is 0.0230. The van der Waals surface area contributed by atoms with E-state index in [1.807, 2.05) is 48.8 Å². The van der Waals surface area contributed by atoms with Gasteiger partial charge in [-0.1, -0.05) is 60.7 Å². The Balaban J connectivity index is 1.32. The number of benzene rings is 5. The Labute approximate surface area is 345 Å². The average Bonchev–Trinajstić information content (AvgIpc) is 3.73. The second-order valence-electron chi connectivity index (χ2n) is 15.3. The summed E-state index contributed by atoms with van der Waals surface area (Å²) in [6, 6.07) is 29.8. The molecule has 8 N–H and O–H groups in total. The maximum atomic E-state index is 14.7. The number of carbonyl (C=O) groups excluding carboxylic acids is 1. The molecule has 310 valence electrons. The van der Waals surface area contributed by atoms with Crippen molar-refractivity contribution in [2.45, 2.75) is 63.7 Å². The number of rotatable bonds is 21. The summed E-state index contributed by atoms with van der Waals surface area (Å²) in [4.78, 5) is 17.8. The first-order valence-corrected chi connectivity index (χ1v) is 20.0. The van der Waals surface area contributed by atoms with E-state index in [0.717, 1.165) is 38.6 Å². The summed E-state index contributed by atoms with van der Waals surface area (Å²) in [5, 5.41) is 62.4. The molecule has 1 heterocycles. The van der Waals surface area contributed by atoms with Gasteiger partial charge in [0.25, 0.3) is 0 Å². The Morgan fingerprint density at radius 3 is 2.37 bits per heavy atom. The molecule has 6 rings (SSSR count). The zero-order valence-corrected chi connectivity index (χ0v) is 33.8. The molecule has 1 aromatic heterocycles. The van der Waals surface area contributed by atoms with Gasteiger partial charge in [-0.05, 0) is 120 Å². The van der Waals surface area contributed by atoms with Gasteiger partial charge in [0, 0.05) is 49.8 Å². The van der Waals surface area contributed by atoms with E-state index in [4.69, 9.17) is 9.47 Å². The Hall–Kier alpha value is -5.85. The molecule has 0 aliphatic carbocycles. The molecule has 0 saturated heterocycles. The van der Waals surface area contributed by atoms with Crippen LogP contribution in [0.2, 0.25) is 0 Å². The fourth-order valence-corrected chi connectivity index (χ4v) is 7.89. The van der Waals surface area contributed by atoms with Gasteiger partial charge in [0.05, 0.1) is 19.3 Å². The predicted octanol–water partition coefficient (Wildman–Crippen LogP) is 6.66. The minimum atomic E-state index is -1.07. The van der Waals surface area contributed by atoms with Crippen LogP contribution in [-0.4, -0.2) is 75.9 Å². The number of aliphatic hydroxyl groups excluding tert-OH is 2. The van der Waals surface area contributed by atoms with E-state index >= 15 is 0 Å². The summed E-state index contributed by atoms with van der Waals surface area (Å²) < 4.78 is 11.6. The van der Waals surface area contributed by atoms with Gasteiger partial charge in [0.1, 0.15) is 18.3 Å². The number of phenolic OH excluding ortho intramolecular Hbond substituents is 3. The zero-order valence-electron chi connectivity index (χ0n) is 33.8. The van der Waals surface area contributed by atoms with Crippen LogP contribution in [0.4, 0.5) is 0 Å². The molecule has 0 saturated carbocycles. The summed E-state index contributed by atoms with van der Waals surface area (Å²) >= 11 is 0. The molecule has 4 atom stereocenters. The van der Waals surface area contributed by atoms with Crippen LogP contribution < -0.4 is 20.1 Å². The number of aromatic hydroxyl groups is 3. The molecular weight excluding hydrogens is 747 g/mol. The van der Waals surface area contributed by atoms with Crippen molar-refractivity contribution < 1.29 is 39.8 Å². The third-order valence-electron chi connectivity index (χ3n) is 10.8. The molecule has 11 nitrogen and oxygen atoms in total. The number of fused-ring (bicyclic) bond motifs is 1. The third kappa shape index (κ3) is 11.2. The summed E-state index contributed by atoms with van der Waals surface area (Å²) in [5.74, 6) is -0.828. The van der Waals surface area contributed by atoms with Crippen molar-refractivity contribution in [1.29, 1.82) is 0 Å². The number of hydrogen-bond acceptors (Lipinski definition) is 10. The van der Waals surface area contributed by atoms with Crippen LogP contribution in [0.3, 0.4) is 0 Å². The Morgan fingerprint density at radius 1 is 0.814 bits per heavy atom. The fraction of sp³-hybridized carbons (Fsp3) is 0.312. The van der Waals surface area contributed by atoms with E-state index in [2.05, 4.69) is 39.9 Å². The van der Waals surface area contributed by atoms with Crippen molar-refractivity contribution in [3.8, 4) is 28.7 Å². The molecule has 59 heavy (non-hydrogen) atoms. The fourth-order valence-electron chi connectivity index (χ4n) is 7.89. The normalized spacial score (nSPS) is 13.5. The van der Waals surface area contributed by atoms with Crippen molar-refractivity contribution in [3.05, 3.63) is 148 Å². The van der Waals surface area contributed by atoms with Crippen molar-refractivity contribution in [2.24, 2.45) is 5.92 Å². The number of nitrogens with one attached hydrogen (secondary N) is 3. The van der Waals surface area contributed by atoms with Crippen LogP contribution in [0.15, 0.2) is 109 Å². The van der Waals surface area contributed by atoms with Gasteiger partial charge in [0.15, 0.2) is 23.0 Å². The first kappa shape index (κ1) is 42.7. The van der Waals surface area contributed by atoms with Crippen molar-refractivity contribution in [1.82, 2.24) is 15.6 Å². The van der Waals surface area contributed by atoms with Crippen LogP contribution in [0.1, 0.15) is 58.2 Å². The van der Waals surface area contributed by atoms with Crippen molar-refractivity contribution in [3.63, 3.8) is 0 Å². The number of aromatic nitrogens is 1. The number of hydrogen-bond donors (Lipinski definition) is 8. The molecule has 4 unspecified atom stereocenters. The molecule has 0 spiro atoms. The number of phenols is 3. The smallest absolute Gasteiger partial charge is 0.164 e. The Morgan fingerprint density at radius 2 is 1.61 bits per heavy atom. The highest BCUT2D eigenvalue weighted by Gasteiger charge is 2.30. The predicted molar refractivity (Wildman–Crippen MR) is 229 cm³/mol. The maximum Gasteiger partial charge on any atom is 0.164 e. The topological polar surface area (TPSA) is 177 Å². The average molecular weight is 802 g/mol. The molecule has 0 radical (unpaired) electrons. The van der Waals surface area contributed by atoms with Crippen molar-refractivity contribution in [2.75, 3.05) is 27.4 Å². The number of aliphatic hydroxyl groups is 2. The largest absolute Gasteiger partial charge is 0.508 e. The highest BCUT2D eigenvalue weighted by Crippen LogP contribution is 2.38. The molecule has 11 heteroatoms. The van der Waals surface area contributed by atoms with E-state index in [9.17, 15) is 30.3 Å². The van der Waals surface area contributed by atoms with E-state index < -0.39 is 24.0 Å². The third-order valence-corrected chi connectivity index (χ3v) is 10.8. The molecule has 6 aromatic rings. The van der Waals surface area contributed by atoms with E-state index in [0.29, 0.717) is 49.2 Å². The molecular formula is C48H55N3O8. The molecule has 0 aliphatic rings. The molecule has 0 bridgehead atoms. The van der Waals surface area contributed by atoms with Crippen LogP contribution in [-0.2, 0) is 37.0 Å².